The van der Waals surface area contributed by atoms with Gasteiger partial charge >= 0.3 is 0 Å². The first-order chi connectivity index (χ1) is 15.1. The van der Waals surface area contributed by atoms with Crippen molar-refractivity contribution in [3.63, 3.8) is 0 Å². The lowest BCUT2D eigenvalue weighted by molar-refractivity contribution is 0.102. The van der Waals surface area contributed by atoms with Gasteiger partial charge < -0.3 is 10.1 Å². The van der Waals surface area contributed by atoms with Gasteiger partial charge in [-0.3, -0.25) is 9.10 Å². The van der Waals surface area contributed by atoms with Crippen LogP contribution in [0.2, 0.25) is 0 Å². The lowest BCUT2D eigenvalue weighted by Gasteiger charge is -2.23. The molecule has 0 aliphatic carbocycles. The van der Waals surface area contributed by atoms with Gasteiger partial charge in [-0.2, -0.15) is 0 Å². The second kappa shape index (κ2) is 9.82. The van der Waals surface area contributed by atoms with Crippen LogP contribution in [-0.4, -0.2) is 26.7 Å². The van der Waals surface area contributed by atoms with Gasteiger partial charge in [0.15, 0.2) is 0 Å². The van der Waals surface area contributed by atoms with E-state index in [-0.39, 0.29) is 24.1 Å². The Morgan fingerprint density at radius 1 is 1.03 bits per heavy atom. The van der Waals surface area contributed by atoms with Crippen LogP contribution in [0.4, 0.5) is 15.8 Å². The molecule has 8 heteroatoms. The third kappa shape index (κ3) is 6.07. The molecular formula is C24H25FN2O4S. The minimum Gasteiger partial charge on any atom is -0.491 e. The summed E-state index contributed by atoms with van der Waals surface area (Å²) in [6.07, 6.45) is 1.07. The van der Waals surface area contributed by atoms with Gasteiger partial charge in [0.05, 0.1) is 24.6 Å². The SMILES string of the molecule is CC(C)Oc1cccc(NC(=O)c2ccc(N(Cc3ccccc3F)S(C)(=O)=O)cc2)c1. The van der Waals surface area contributed by atoms with Crippen LogP contribution < -0.4 is 14.4 Å². The minimum atomic E-state index is -3.68. The fourth-order valence-corrected chi connectivity index (χ4v) is 3.96. The second-order valence-electron chi connectivity index (χ2n) is 7.56. The first-order valence-electron chi connectivity index (χ1n) is 10.0. The highest BCUT2D eigenvalue weighted by atomic mass is 32.2. The smallest absolute Gasteiger partial charge is 0.255 e. The van der Waals surface area contributed by atoms with E-state index >= 15 is 0 Å². The number of carbonyl (C=O) groups excluding carboxylic acids is 1. The molecule has 3 aromatic carbocycles. The summed E-state index contributed by atoms with van der Waals surface area (Å²) in [6, 6.07) is 19.2. The van der Waals surface area contributed by atoms with Crippen LogP contribution in [0, 0.1) is 5.82 Å². The largest absolute Gasteiger partial charge is 0.491 e. The third-order valence-electron chi connectivity index (χ3n) is 4.55. The topological polar surface area (TPSA) is 75.7 Å². The van der Waals surface area contributed by atoms with Crippen LogP contribution >= 0.6 is 0 Å². The molecule has 3 rings (SSSR count). The Bertz CT molecular complexity index is 1190. The quantitative estimate of drug-likeness (QED) is 0.527. The Morgan fingerprint density at radius 3 is 2.34 bits per heavy atom. The van der Waals surface area contributed by atoms with Gasteiger partial charge in [0, 0.05) is 22.9 Å². The number of nitrogens with one attached hydrogen (secondary N) is 1. The molecule has 0 saturated carbocycles. The monoisotopic (exact) mass is 456 g/mol. The van der Waals surface area contributed by atoms with Crippen LogP contribution in [-0.2, 0) is 16.6 Å². The van der Waals surface area contributed by atoms with Crippen molar-refractivity contribution in [1.82, 2.24) is 0 Å². The Kier molecular flexibility index (Phi) is 7.15. The van der Waals surface area contributed by atoms with Crippen LogP contribution in [0.3, 0.4) is 0 Å². The molecule has 0 unspecified atom stereocenters. The summed E-state index contributed by atoms with van der Waals surface area (Å²) < 4.78 is 45.4. The predicted octanol–water partition coefficient (Wildman–Crippen LogP) is 4.83. The summed E-state index contributed by atoms with van der Waals surface area (Å²) in [5, 5.41) is 2.80. The van der Waals surface area contributed by atoms with Crippen molar-refractivity contribution in [3.8, 4) is 5.75 Å². The average Bonchev–Trinajstić information content (AvgIpc) is 2.72. The molecule has 0 bridgehead atoms. The molecule has 0 aliphatic rings. The Hall–Kier alpha value is -3.39. The van der Waals surface area contributed by atoms with Gasteiger partial charge in [0.1, 0.15) is 11.6 Å². The van der Waals surface area contributed by atoms with Crippen LogP contribution in [0.25, 0.3) is 0 Å². The van der Waals surface area contributed by atoms with Crippen molar-refractivity contribution >= 4 is 27.3 Å². The van der Waals surface area contributed by atoms with Crippen LogP contribution in [0.5, 0.6) is 5.75 Å². The van der Waals surface area contributed by atoms with E-state index < -0.39 is 15.8 Å². The third-order valence-corrected chi connectivity index (χ3v) is 5.69. The highest BCUT2D eigenvalue weighted by molar-refractivity contribution is 7.92. The normalized spacial score (nSPS) is 11.3. The zero-order valence-corrected chi connectivity index (χ0v) is 18.9. The first kappa shape index (κ1) is 23.3. The molecule has 0 spiro atoms. The maximum Gasteiger partial charge on any atom is 0.255 e. The zero-order chi connectivity index (χ0) is 23.3. The van der Waals surface area contributed by atoms with E-state index in [9.17, 15) is 17.6 Å². The number of hydrogen-bond acceptors (Lipinski definition) is 4. The standard InChI is InChI=1S/C24H25FN2O4S/c1-17(2)31-22-9-6-8-20(15-22)26-24(28)18-11-13-21(14-12-18)27(32(3,29)30)16-19-7-4-5-10-23(19)25/h4-15,17H,16H2,1-3H3,(H,26,28). The van der Waals surface area contributed by atoms with Crippen molar-refractivity contribution < 1.29 is 22.3 Å². The van der Waals surface area contributed by atoms with Gasteiger partial charge in [-0.05, 0) is 56.3 Å². The first-order valence-corrected chi connectivity index (χ1v) is 11.9. The number of nitrogens with zero attached hydrogens (tertiary/aromatic N) is 1. The summed E-state index contributed by atoms with van der Waals surface area (Å²) >= 11 is 0. The van der Waals surface area contributed by atoms with E-state index in [0.717, 1.165) is 10.6 Å². The molecule has 0 atom stereocenters. The molecule has 3 aromatic rings. The van der Waals surface area contributed by atoms with E-state index in [0.29, 0.717) is 22.7 Å². The number of rotatable bonds is 8. The highest BCUT2D eigenvalue weighted by Gasteiger charge is 2.20. The van der Waals surface area contributed by atoms with Crippen molar-refractivity contribution in [2.24, 2.45) is 0 Å². The number of amides is 1. The molecule has 0 aromatic heterocycles. The molecule has 0 radical (unpaired) electrons. The molecule has 0 saturated heterocycles. The number of carbonyl (C=O) groups is 1. The summed E-state index contributed by atoms with van der Waals surface area (Å²) in [4.78, 5) is 12.6. The number of hydrogen-bond donors (Lipinski definition) is 1. The van der Waals surface area contributed by atoms with Gasteiger partial charge in [0.2, 0.25) is 10.0 Å². The summed E-state index contributed by atoms with van der Waals surface area (Å²) in [6.45, 7) is 3.68. The van der Waals surface area contributed by atoms with Crippen LogP contribution in [0.1, 0.15) is 29.8 Å². The Labute approximate surface area is 187 Å². The summed E-state index contributed by atoms with van der Waals surface area (Å²) in [5.41, 5.74) is 1.51. The Morgan fingerprint density at radius 2 is 1.72 bits per heavy atom. The molecular weight excluding hydrogens is 431 g/mol. The van der Waals surface area contributed by atoms with Crippen molar-refractivity contribution in [2.75, 3.05) is 15.9 Å². The van der Waals surface area contributed by atoms with Gasteiger partial charge in [-0.15, -0.1) is 0 Å². The molecule has 1 N–H and O–H groups in total. The Balaban J connectivity index is 1.78. The van der Waals surface area contributed by atoms with Crippen LogP contribution in [0.15, 0.2) is 72.8 Å². The predicted molar refractivity (Wildman–Crippen MR) is 124 cm³/mol. The van der Waals surface area contributed by atoms with Gasteiger partial charge in [-0.1, -0.05) is 24.3 Å². The molecule has 0 aliphatic heterocycles. The molecule has 0 fully saturated rings. The van der Waals surface area contributed by atoms with E-state index in [1.165, 1.54) is 36.4 Å². The second-order valence-corrected chi connectivity index (χ2v) is 9.46. The van der Waals surface area contributed by atoms with Crippen molar-refractivity contribution in [3.05, 3.63) is 89.7 Å². The molecule has 6 nitrogen and oxygen atoms in total. The lowest BCUT2D eigenvalue weighted by Crippen LogP contribution is -2.29. The number of anilines is 2. The molecule has 1 amide bonds. The summed E-state index contributed by atoms with van der Waals surface area (Å²) in [7, 11) is -3.68. The fraction of sp³-hybridized carbons (Fsp3) is 0.208. The summed E-state index contributed by atoms with van der Waals surface area (Å²) in [5.74, 6) is -0.191. The maximum atomic E-state index is 14.0. The zero-order valence-electron chi connectivity index (χ0n) is 18.1. The van der Waals surface area contributed by atoms with Crippen molar-refractivity contribution in [1.29, 1.82) is 0 Å². The van der Waals surface area contributed by atoms with E-state index in [2.05, 4.69) is 5.32 Å². The maximum absolute atomic E-state index is 14.0. The number of benzene rings is 3. The molecule has 0 heterocycles. The molecule has 32 heavy (non-hydrogen) atoms. The molecule has 168 valence electrons. The fourth-order valence-electron chi connectivity index (χ4n) is 3.08. The lowest BCUT2D eigenvalue weighted by atomic mass is 10.1. The number of sulfonamides is 1. The minimum absolute atomic E-state index is 0.00986. The average molecular weight is 457 g/mol. The highest BCUT2D eigenvalue weighted by Crippen LogP contribution is 2.23. The number of ether oxygens (including phenoxy) is 1. The number of halogens is 1. The van der Waals surface area contributed by atoms with E-state index in [4.69, 9.17) is 4.74 Å². The van der Waals surface area contributed by atoms with E-state index in [1.807, 2.05) is 13.8 Å². The van der Waals surface area contributed by atoms with Gasteiger partial charge in [0.25, 0.3) is 5.91 Å². The van der Waals surface area contributed by atoms with Crippen molar-refractivity contribution in [2.45, 2.75) is 26.5 Å². The van der Waals surface area contributed by atoms with Gasteiger partial charge in [-0.25, -0.2) is 12.8 Å². The van der Waals surface area contributed by atoms with E-state index in [1.54, 1.807) is 36.4 Å².